The topological polar surface area (TPSA) is 119 Å². The number of hydrogen-bond donors (Lipinski definition) is 1. The number of nitrogens with zero attached hydrogens (tertiary/aromatic N) is 2. The summed E-state index contributed by atoms with van der Waals surface area (Å²) >= 11 is 0. The van der Waals surface area contributed by atoms with Crippen molar-refractivity contribution in [2.45, 2.75) is 18.9 Å². The van der Waals surface area contributed by atoms with Gasteiger partial charge in [-0.05, 0) is 18.9 Å². The molecular weight excluding hydrogens is 308 g/mol. The van der Waals surface area contributed by atoms with Gasteiger partial charge in [-0.25, -0.2) is 4.79 Å². The first kappa shape index (κ1) is 16.5. The smallest absolute Gasteiger partial charge is 0.326 e. The van der Waals surface area contributed by atoms with Gasteiger partial charge < -0.3 is 19.5 Å². The molecule has 0 bridgehead atoms. The molecule has 1 fully saturated rings. The van der Waals surface area contributed by atoms with E-state index in [0.29, 0.717) is 19.4 Å². The van der Waals surface area contributed by atoms with Crippen LogP contribution < -0.4 is 9.47 Å². The molecule has 0 radical (unpaired) electrons. The van der Waals surface area contributed by atoms with Gasteiger partial charge >= 0.3 is 11.7 Å². The average Bonchev–Trinajstić information content (AvgIpc) is 3.02. The normalized spacial score (nSPS) is 16.9. The number of benzene rings is 1. The predicted octanol–water partition coefficient (Wildman–Crippen LogP) is 1.06. The molecule has 1 heterocycles. The number of nitro groups is 1. The Bertz CT molecular complexity index is 632. The van der Waals surface area contributed by atoms with Crippen LogP contribution in [0.2, 0.25) is 0 Å². The number of amides is 1. The zero-order chi connectivity index (χ0) is 17.0. The highest BCUT2D eigenvalue weighted by molar-refractivity contribution is 5.85. The second-order valence-electron chi connectivity index (χ2n) is 4.96. The number of nitro benzene ring substituents is 1. The highest BCUT2D eigenvalue weighted by Crippen LogP contribution is 2.30. The molecule has 1 atom stereocenters. The Kier molecular flexibility index (Phi) is 4.99. The van der Waals surface area contributed by atoms with E-state index in [9.17, 15) is 19.7 Å². The first-order valence-corrected chi connectivity index (χ1v) is 6.91. The van der Waals surface area contributed by atoms with Crippen molar-refractivity contribution in [3.63, 3.8) is 0 Å². The number of hydrogen-bond acceptors (Lipinski definition) is 6. The van der Waals surface area contributed by atoms with E-state index >= 15 is 0 Å². The lowest BCUT2D eigenvalue weighted by Crippen LogP contribution is -2.42. The lowest BCUT2D eigenvalue weighted by molar-refractivity contribution is -0.385. The maximum Gasteiger partial charge on any atom is 0.326 e. The Balaban J connectivity index is 2.02. The van der Waals surface area contributed by atoms with Crippen LogP contribution in [0, 0.1) is 10.1 Å². The van der Waals surface area contributed by atoms with Crippen molar-refractivity contribution in [1.29, 1.82) is 0 Å². The Morgan fingerprint density at radius 3 is 2.83 bits per heavy atom. The molecule has 1 aliphatic rings. The van der Waals surface area contributed by atoms with Gasteiger partial charge in [0.25, 0.3) is 5.91 Å². The minimum absolute atomic E-state index is 0.0181. The highest BCUT2D eigenvalue weighted by atomic mass is 16.6. The molecule has 1 N–H and O–H groups in total. The first-order valence-electron chi connectivity index (χ1n) is 6.91. The van der Waals surface area contributed by atoms with E-state index in [1.165, 1.54) is 30.2 Å². The monoisotopic (exact) mass is 324 g/mol. The van der Waals surface area contributed by atoms with Crippen LogP contribution in [-0.2, 0) is 9.59 Å². The van der Waals surface area contributed by atoms with Crippen molar-refractivity contribution >= 4 is 17.6 Å². The van der Waals surface area contributed by atoms with Crippen molar-refractivity contribution in [2.24, 2.45) is 0 Å². The fraction of sp³-hybridized carbons (Fsp3) is 0.429. The summed E-state index contributed by atoms with van der Waals surface area (Å²) in [5.74, 6) is -1.23. The Labute approximate surface area is 131 Å². The van der Waals surface area contributed by atoms with Gasteiger partial charge in [0.1, 0.15) is 11.8 Å². The zero-order valence-corrected chi connectivity index (χ0v) is 12.4. The maximum absolute atomic E-state index is 12.1. The zero-order valence-electron chi connectivity index (χ0n) is 12.4. The molecule has 0 saturated carbocycles. The summed E-state index contributed by atoms with van der Waals surface area (Å²) < 4.78 is 10.2. The van der Waals surface area contributed by atoms with Gasteiger partial charge in [0.2, 0.25) is 5.75 Å². The summed E-state index contributed by atoms with van der Waals surface area (Å²) in [6, 6.07) is 3.06. The van der Waals surface area contributed by atoms with Crippen LogP contribution in [0.4, 0.5) is 5.69 Å². The van der Waals surface area contributed by atoms with Gasteiger partial charge in [-0.15, -0.1) is 0 Å². The molecule has 1 aliphatic heterocycles. The molecule has 9 heteroatoms. The number of carboxylic acid groups (broad SMARTS) is 1. The van der Waals surface area contributed by atoms with Gasteiger partial charge in [-0.3, -0.25) is 14.9 Å². The van der Waals surface area contributed by atoms with E-state index in [2.05, 4.69) is 0 Å². The van der Waals surface area contributed by atoms with E-state index in [0.717, 1.165) is 0 Å². The number of methoxy groups -OCH3 is 1. The molecule has 1 aromatic rings. The minimum atomic E-state index is -1.03. The van der Waals surface area contributed by atoms with Crippen LogP contribution in [0.5, 0.6) is 11.5 Å². The molecule has 0 aliphatic carbocycles. The van der Waals surface area contributed by atoms with Crippen LogP contribution in [-0.4, -0.2) is 53.1 Å². The number of carbonyl (C=O) groups excluding carboxylic acids is 1. The molecule has 1 aromatic carbocycles. The van der Waals surface area contributed by atoms with Crippen molar-refractivity contribution in [3.8, 4) is 11.5 Å². The molecule has 1 amide bonds. The summed E-state index contributed by atoms with van der Waals surface area (Å²) in [5, 5.41) is 19.9. The van der Waals surface area contributed by atoms with Crippen LogP contribution in [0.25, 0.3) is 0 Å². The average molecular weight is 324 g/mol. The second kappa shape index (κ2) is 6.95. The molecule has 0 spiro atoms. The molecule has 0 aromatic heterocycles. The maximum atomic E-state index is 12.1. The van der Waals surface area contributed by atoms with Crippen LogP contribution >= 0.6 is 0 Å². The third kappa shape index (κ3) is 3.68. The summed E-state index contributed by atoms with van der Waals surface area (Å²) in [6.45, 7) is 0.0352. The van der Waals surface area contributed by atoms with Gasteiger partial charge in [0.15, 0.2) is 6.61 Å². The van der Waals surface area contributed by atoms with Crippen LogP contribution in [0.3, 0.4) is 0 Å². The Morgan fingerprint density at radius 2 is 2.22 bits per heavy atom. The number of aliphatic carboxylic acids is 1. The number of carbonyl (C=O) groups is 2. The molecule has 2 rings (SSSR count). The van der Waals surface area contributed by atoms with E-state index in [4.69, 9.17) is 14.6 Å². The molecule has 23 heavy (non-hydrogen) atoms. The van der Waals surface area contributed by atoms with Gasteiger partial charge in [-0.1, -0.05) is 0 Å². The number of likely N-dealkylation sites (tertiary alicyclic amines) is 1. The summed E-state index contributed by atoms with van der Waals surface area (Å²) in [5.41, 5.74) is -0.211. The largest absolute Gasteiger partial charge is 0.490 e. The van der Waals surface area contributed by atoms with E-state index < -0.39 is 22.8 Å². The highest BCUT2D eigenvalue weighted by Gasteiger charge is 2.34. The molecule has 1 saturated heterocycles. The molecule has 9 nitrogen and oxygen atoms in total. The summed E-state index contributed by atoms with van der Waals surface area (Å²) in [4.78, 5) is 34.6. The van der Waals surface area contributed by atoms with Crippen LogP contribution in [0.15, 0.2) is 18.2 Å². The molecule has 1 unspecified atom stereocenters. The third-order valence-corrected chi connectivity index (χ3v) is 3.57. The number of rotatable bonds is 6. The number of carboxylic acids is 1. The predicted molar refractivity (Wildman–Crippen MR) is 77.5 cm³/mol. The van der Waals surface area contributed by atoms with Crippen molar-refractivity contribution in [3.05, 3.63) is 28.3 Å². The summed E-state index contributed by atoms with van der Waals surface area (Å²) in [7, 11) is 1.29. The Morgan fingerprint density at radius 1 is 1.48 bits per heavy atom. The fourth-order valence-electron chi connectivity index (χ4n) is 2.45. The van der Waals surface area contributed by atoms with Crippen molar-refractivity contribution in [2.75, 3.05) is 20.3 Å². The van der Waals surface area contributed by atoms with E-state index in [1.54, 1.807) is 0 Å². The van der Waals surface area contributed by atoms with Gasteiger partial charge in [0, 0.05) is 18.7 Å². The first-order chi connectivity index (χ1) is 10.9. The SMILES string of the molecule is COc1cc(OCC(=O)N2CCCC2C(=O)O)ccc1[N+](=O)[O-]. The van der Waals surface area contributed by atoms with E-state index in [-0.39, 0.29) is 23.8 Å². The summed E-state index contributed by atoms with van der Waals surface area (Å²) in [6.07, 6.45) is 1.06. The number of ether oxygens (including phenoxy) is 2. The third-order valence-electron chi connectivity index (χ3n) is 3.57. The van der Waals surface area contributed by atoms with Crippen molar-refractivity contribution < 1.29 is 29.1 Å². The molecular formula is C14H16N2O7. The van der Waals surface area contributed by atoms with Gasteiger partial charge in [0.05, 0.1) is 12.0 Å². The van der Waals surface area contributed by atoms with Crippen molar-refractivity contribution in [1.82, 2.24) is 4.90 Å². The lowest BCUT2D eigenvalue weighted by atomic mass is 10.2. The van der Waals surface area contributed by atoms with E-state index in [1.807, 2.05) is 0 Å². The fourth-order valence-corrected chi connectivity index (χ4v) is 2.45. The quantitative estimate of drug-likeness (QED) is 0.613. The molecule has 124 valence electrons. The van der Waals surface area contributed by atoms with Gasteiger partial charge in [-0.2, -0.15) is 0 Å². The minimum Gasteiger partial charge on any atom is -0.490 e. The Hall–Kier alpha value is -2.84. The standard InChI is InChI=1S/C14H16N2O7/c1-22-12-7-9(4-5-10(12)16(20)21)23-8-13(17)15-6-2-3-11(15)14(18)19/h4-5,7,11H,2-3,6,8H2,1H3,(H,18,19). The lowest BCUT2D eigenvalue weighted by Gasteiger charge is -2.21. The van der Waals surface area contributed by atoms with Crippen LogP contribution in [0.1, 0.15) is 12.8 Å². The second-order valence-corrected chi connectivity index (χ2v) is 4.96.